The molecule has 154 valence electrons. The molecule has 0 radical (unpaired) electrons. The summed E-state index contributed by atoms with van der Waals surface area (Å²) in [7, 11) is 0. The Labute approximate surface area is 182 Å². The molecule has 8 heteroatoms. The van der Waals surface area contributed by atoms with Gasteiger partial charge >= 0.3 is 0 Å². The smallest absolute Gasteiger partial charge is 0.159 e. The highest BCUT2D eigenvalue weighted by Gasteiger charge is 2.28. The molecule has 32 heavy (non-hydrogen) atoms. The molecule has 0 saturated heterocycles. The van der Waals surface area contributed by atoms with Crippen LogP contribution in [-0.2, 0) is 0 Å². The van der Waals surface area contributed by atoms with E-state index in [1.165, 1.54) is 12.1 Å². The Balaban J connectivity index is 1.47. The number of hydrogen-bond acceptors (Lipinski definition) is 6. The van der Waals surface area contributed by atoms with E-state index < -0.39 is 0 Å². The van der Waals surface area contributed by atoms with Gasteiger partial charge in [-0.15, -0.1) is 0 Å². The fourth-order valence-electron chi connectivity index (χ4n) is 3.93. The van der Waals surface area contributed by atoms with Crippen molar-refractivity contribution in [1.29, 1.82) is 0 Å². The van der Waals surface area contributed by atoms with Crippen LogP contribution in [-0.4, -0.2) is 35.6 Å². The van der Waals surface area contributed by atoms with Gasteiger partial charge in [0.1, 0.15) is 22.7 Å². The number of hydrogen-bond donors (Lipinski definition) is 1. The van der Waals surface area contributed by atoms with Gasteiger partial charge in [0, 0.05) is 29.7 Å². The summed E-state index contributed by atoms with van der Waals surface area (Å²) < 4.78 is 13.4. The predicted octanol–water partition coefficient (Wildman–Crippen LogP) is 4.53. The first-order chi connectivity index (χ1) is 15.7. The molecule has 0 aliphatic carbocycles. The number of aliphatic imine (C=N–C) groups is 1. The zero-order valence-corrected chi connectivity index (χ0v) is 17.0. The standard InChI is InChI=1S/C24H16FN7/c1-13-16-6-7-17(19-12-26-10-11-27-19)30-21(16)23(29-13)24-31-18-8-9-28-20(22(18)32-24)14-2-4-15(25)5-3-14/h2-13H,1H3,(H,31,32)/t13-/m0/s1. The van der Waals surface area contributed by atoms with E-state index in [0.717, 1.165) is 28.0 Å². The first kappa shape index (κ1) is 18.4. The van der Waals surface area contributed by atoms with Crippen LogP contribution < -0.4 is 0 Å². The molecule has 6 rings (SSSR count). The number of halogens is 1. The molecule has 1 aliphatic heterocycles. The maximum atomic E-state index is 13.4. The zero-order chi connectivity index (χ0) is 21.7. The lowest BCUT2D eigenvalue weighted by Crippen LogP contribution is -2.07. The third kappa shape index (κ3) is 2.96. The molecule has 1 aromatic carbocycles. The van der Waals surface area contributed by atoms with Crippen molar-refractivity contribution in [1.82, 2.24) is 29.9 Å². The minimum Gasteiger partial charge on any atom is -0.336 e. The number of rotatable bonds is 3. The number of fused-ring (bicyclic) bond motifs is 2. The summed E-state index contributed by atoms with van der Waals surface area (Å²) in [6.45, 7) is 2.03. The fourth-order valence-corrected chi connectivity index (χ4v) is 3.93. The maximum absolute atomic E-state index is 13.4. The summed E-state index contributed by atoms with van der Waals surface area (Å²) >= 11 is 0. The lowest BCUT2D eigenvalue weighted by molar-refractivity contribution is 0.628. The van der Waals surface area contributed by atoms with Gasteiger partial charge in [-0.2, -0.15) is 0 Å². The van der Waals surface area contributed by atoms with Crippen molar-refractivity contribution < 1.29 is 4.39 Å². The van der Waals surface area contributed by atoms with Crippen molar-refractivity contribution >= 4 is 16.7 Å². The normalized spacial score (nSPS) is 15.1. The predicted molar refractivity (Wildman–Crippen MR) is 119 cm³/mol. The summed E-state index contributed by atoms with van der Waals surface area (Å²) in [5, 5.41) is 0. The van der Waals surface area contributed by atoms with Crippen molar-refractivity contribution in [3.05, 3.63) is 90.2 Å². The maximum Gasteiger partial charge on any atom is 0.159 e. The van der Waals surface area contributed by atoms with Crippen LogP contribution in [0.5, 0.6) is 0 Å². The Morgan fingerprint density at radius 2 is 1.72 bits per heavy atom. The van der Waals surface area contributed by atoms with Gasteiger partial charge in [-0.3, -0.25) is 19.9 Å². The van der Waals surface area contributed by atoms with Crippen LogP contribution in [0.25, 0.3) is 33.7 Å². The fraction of sp³-hybridized carbons (Fsp3) is 0.0833. The van der Waals surface area contributed by atoms with E-state index in [2.05, 4.69) is 19.9 Å². The number of nitrogens with zero attached hydrogens (tertiary/aromatic N) is 6. The highest BCUT2D eigenvalue weighted by atomic mass is 19.1. The van der Waals surface area contributed by atoms with E-state index in [4.69, 9.17) is 15.0 Å². The topological polar surface area (TPSA) is 92.6 Å². The van der Waals surface area contributed by atoms with Crippen molar-refractivity contribution in [2.45, 2.75) is 13.0 Å². The Hall–Kier alpha value is -4.33. The average molecular weight is 421 g/mol. The second kappa shape index (κ2) is 7.12. The summed E-state index contributed by atoms with van der Waals surface area (Å²) in [6, 6.07) is 12.0. The molecular formula is C24H16FN7. The van der Waals surface area contributed by atoms with Crippen molar-refractivity contribution in [3.8, 4) is 22.6 Å². The Bertz CT molecular complexity index is 1490. The number of H-pyrrole nitrogens is 1. The average Bonchev–Trinajstić information content (AvgIpc) is 3.41. The third-order valence-electron chi connectivity index (χ3n) is 5.49. The lowest BCUT2D eigenvalue weighted by atomic mass is 10.1. The molecular weight excluding hydrogens is 405 g/mol. The Kier molecular flexibility index (Phi) is 4.10. The van der Waals surface area contributed by atoms with Gasteiger partial charge in [-0.05, 0) is 43.3 Å². The van der Waals surface area contributed by atoms with E-state index in [0.29, 0.717) is 28.4 Å². The van der Waals surface area contributed by atoms with E-state index in [1.54, 1.807) is 36.9 Å². The molecule has 1 N–H and O–H groups in total. The van der Waals surface area contributed by atoms with Crippen molar-refractivity contribution in [2.24, 2.45) is 4.99 Å². The molecule has 0 bridgehead atoms. The zero-order valence-electron chi connectivity index (χ0n) is 17.0. The molecule has 1 aliphatic rings. The molecule has 0 saturated carbocycles. The summed E-state index contributed by atoms with van der Waals surface area (Å²) in [6.07, 6.45) is 6.67. The van der Waals surface area contributed by atoms with E-state index in [9.17, 15) is 4.39 Å². The number of aromatic nitrogens is 6. The first-order valence-electron chi connectivity index (χ1n) is 10.1. The van der Waals surface area contributed by atoms with Gasteiger partial charge in [0.15, 0.2) is 5.82 Å². The van der Waals surface area contributed by atoms with Gasteiger partial charge in [-0.25, -0.2) is 14.4 Å². The number of benzene rings is 1. The number of pyridine rings is 2. The Morgan fingerprint density at radius 3 is 2.53 bits per heavy atom. The van der Waals surface area contributed by atoms with Crippen LogP contribution in [0, 0.1) is 5.82 Å². The number of imidazole rings is 1. The van der Waals surface area contributed by atoms with Gasteiger partial charge in [0.2, 0.25) is 0 Å². The van der Waals surface area contributed by atoms with Crippen molar-refractivity contribution in [3.63, 3.8) is 0 Å². The van der Waals surface area contributed by atoms with Crippen LogP contribution in [0.1, 0.15) is 30.0 Å². The second-order valence-corrected chi connectivity index (χ2v) is 7.53. The molecule has 7 nitrogen and oxygen atoms in total. The van der Waals surface area contributed by atoms with Crippen LogP contribution in [0.2, 0.25) is 0 Å². The first-order valence-corrected chi connectivity index (χ1v) is 10.1. The van der Waals surface area contributed by atoms with E-state index >= 15 is 0 Å². The van der Waals surface area contributed by atoms with E-state index in [1.807, 2.05) is 25.1 Å². The third-order valence-corrected chi connectivity index (χ3v) is 5.49. The van der Waals surface area contributed by atoms with Crippen LogP contribution in [0.4, 0.5) is 4.39 Å². The quantitative estimate of drug-likeness (QED) is 0.462. The molecule has 5 aromatic rings. The second-order valence-electron chi connectivity index (χ2n) is 7.53. The molecule has 1 atom stereocenters. The SMILES string of the molecule is C[C@@H]1N=C(c2nc3c(-c4ccc(F)cc4)nccc3[nH]2)c2nc(-c3cnccn3)ccc21. The van der Waals surface area contributed by atoms with Crippen molar-refractivity contribution in [2.75, 3.05) is 0 Å². The number of aromatic amines is 1. The van der Waals surface area contributed by atoms with Gasteiger partial charge < -0.3 is 4.98 Å². The monoisotopic (exact) mass is 421 g/mol. The van der Waals surface area contributed by atoms with E-state index in [-0.39, 0.29) is 11.9 Å². The highest BCUT2D eigenvalue weighted by Crippen LogP contribution is 2.33. The molecule has 0 spiro atoms. The molecule has 0 fully saturated rings. The summed E-state index contributed by atoms with van der Waals surface area (Å²) in [4.78, 5) is 30.8. The lowest BCUT2D eigenvalue weighted by Gasteiger charge is -2.05. The van der Waals surface area contributed by atoms with Crippen LogP contribution >= 0.6 is 0 Å². The molecule has 5 heterocycles. The summed E-state index contributed by atoms with van der Waals surface area (Å²) in [5.41, 5.74) is 6.91. The molecule has 0 amide bonds. The minimum atomic E-state index is -0.292. The molecule has 0 unspecified atom stereocenters. The number of nitrogens with one attached hydrogen (secondary N) is 1. The van der Waals surface area contributed by atoms with Gasteiger partial charge in [0.05, 0.1) is 34.8 Å². The van der Waals surface area contributed by atoms with Crippen LogP contribution in [0.15, 0.2) is 72.2 Å². The van der Waals surface area contributed by atoms with Gasteiger partial charge in [-0.1, -0.05) is 6.07 Å². The van der Waals surface area contributed by atoms with Crippen LogP contribution in [0.3, 0.4) is 0 Å². The largest absolute Gasteiger partial charge is 0.336 e. The minimum absolute atomic E-state index is 0.0358. The Morgan fingerprint density at radius 1 is 0.844 bits per heavy atom. The summed E-state index contributed by atoms with van der Waals surface area (Å²) in [5.74, 6) is 0.324. The van der Waals surface area contributed by atoms with Gasteiger partial charge in [0.25, 0.3) is 0 Å². The molecule has 4 aromatic heterocycles. The highest BCUT2D eigenvalue weighted by molar-refractivity contribution is 6.13.